The van der Waals surface area contributed by atoms with Gasteiger partial charge in [-0.15, -0.1) is 0 Å². The number of fused-ring (bicyclic) bond motifs is 1. The quantitative estimate of drug-likeness (QED) is 0.731. The minimum atomic E-state index is -1.68. The molecule has 0 aliphatic heterocycles. The number of rotatable bonds is 1. The van der Waals surface area contributed by atoms with Crippen LogP contribution >= 0.6 is 0 Å². The number of ether oxygens (including phenoxy) is 1. The second-order valence-corrected chi connectivity index (χ2v) is 5.17. The van der Waals surface area contributed by atoms with Crippen LogP contribution in [-0.4, -0.2) is 38.4 Å². The van der Waals surface area contributed by atoms with Crippen molar-refractivity contribution in [2.75, 3.05) is 0 Å². The third kappa shape index (κ3) is 2.77. The number of aromatic nitrogens is 2. The third-order valence-corrected chi connectivity index (χ3v) is 2.48. The molecule has 0 saturated heterocycles. The largest absolute Gasteiger partial charge is 0.508 e. The molecule has 6 nitrogen and oxygen atoms in total. The molecule has 0 saturated carbocycles. The zero-order valence-electron chi connectivity index (χ0n) is 11.0. The molecule has 7 heteroatoms. The van der Waals surface area contributed by atoms with E-state index in [1.807, 2.05) is 0 Å². The van der Waals surface area contributed by atoms with Crippen molar-refractivity contribution in [2.24, 2.45) is 0 Å². The first-order chi connectivity index (χ1) is 8.79. The van der Waals surface area contributed by atoms with Gasteiger partial charge in [0, 0.05) is 17.8 Å². The molecule has 0 radical (unpaired) electrons. The number of pyridine rings is 1. The summed E-state index contributed by atoms with van der Waals surface area (Å²) < 4.78 is 6.58. The van der Waals surface area contributed by atoms with Crippen LogP contribution in [0.2, 0.25) is 0 Å². The summed E-state index contributed by atoms with van der Waals surface area (Å²) in [5.74, 6) is 0. The molecule has 0 aliphatic carbocycles. The van der Waals surface area contributed by atoms with Crippen molar-refractivity contribution in [3.05, 3.63) is 24.5 Å². The summed E-state index contributed by atoms with van der Waals surface area (Å²) in [5.41, 5.74) is 0.0344. The van der Waals surface area contributed by atoms with Crippen molar-refractivity contribution in [2.45, 2.75) is 26.4 Å². The Balaban J connectivity index is 2.47. The fourth-order valence-corrected chi connectivity index (χ4v) is 1.76. The van der Waals surface area contributed by atoms with Crippen LogP contribution in [0.4, 0.5) is 4.79 Å². The first-order valence-corrected chi connectivity index (χ1v) is 5.85. The Kier molecular flexibility index (Phi) is 3.34. The Morgan fingerprint density at radius 3 is 2.63 bits per heavy atom. The summed E-state index contributed by atoms with van der Waals surface area (Å²) in [5, 5.41) is 19.0. The maximum absolute atomic E-state index is 12.0. The third-order valence-electron chi connectivity index (χ3n) is 2.48. The molecule has 0 spiro atoms. The van der Waals surface area contributed by atoms with E-state index in [-0.39, 0.29) is 5.59 Å². The van der Waals surface area contributed by atoms with Gasteiger partial charge in [-0.05, 0) is 32.9 Å². The lowest BCUT2D eigenvalue weighted by Gasteiger charge is -2.19. The van der Waals surface area contributed by atoms with Crippen LogP contribution in [0.3, 0.4) is 0 Å². The summed E-state index contributed by atoms with van der Waals surface area (Å²) in [6.07, 6.45) is 2.41. The molecule has 0 amide bonds. The van der Waals surface area contributed by atoms with Crippen molar-refractivity contribution in [3.63, 3.8) is 0 Å². The molecule has 0 aromatic carbocycles. The molecule has 2 N–H and O–H groups in total. The highest BCUT2D eigenvalue weighted by molar-refractivity contribution is 6.60. The van der Waals surface area contributed by atoms with Gasteiger partial charge in [-0.25, -0.2) is 4.79 Å². The average Bonchev–Trinajstić information content (AvgIpc) is 2.69. The Hall–Kier alpha value is -1.86. The predicted octanol–water partition coefficient (Wildman–Crippen LogP) is 0.499. The van der Waals surface area contributed by atoms with E-state index in [0.29, 0.717) is 10.9 Å². The SMILES string of the molecule is CC(C)(C)OC(=O)n1ccc2c(B(O)O)nccc21. The van der Waals surface area contributed by atoms with Gasteiger partial charge in [0.1, 0.15) is 5.60 Å². The monoisotopic (exact) mass is 262 g/mol. The molecule has 2 aromatic heterocycles. The Morgan fingerprint density at radius 2 is 2.05 bits per heavy atom. The minimum Gasteiger partial charge on any atom is -0.443 e. The smallest absolute Gasteiger partial charge is 0.443 e. The zero-order chi connectivity index (χ0) is 14.2. The van der Waals surface area contributed by atoms with E-state index in [0.717, 1.165) is 0 Å². The molecule has 19 heavy (non-hydrogen) atoms. The van der Waals surface area contributed by atoms with Gasteiger partial charge in [-0.3, -0.25) is 9.55 Å². The van der Waals surface area contributed by atoms with Crippen LogP contribution in [0.5, 0.6) is 0 Å². The van der Waals surface area contributed by atoms with Gasteiger partial charge in [0.15, 0.2) is 0 Å². The number of carbonyl (C=O) groups excluding carboxylic acids is 1. The van der Waals surface area contributed by atoms with Gasteiger partial charge in [0.2, 0.25) is 0 Å². The molecule has 0 aliphatic rings. The van der Waals surface area contributed by atoms with Crippen molar-refractivity contribution < 1.29 is 19.6 Å². The summed E-state index contributed by atoms with van der Waals surface area (Å²) in [4.78, 5) is 15.9. The van der Waals surface area contributed by atoms with Gasteiger partial charge in [0.05, 0.1) is 11.1 Å². The lowest BCUT2D eigenvalue weighted by Crippen LogP contribution is -2.33. The fourth-order valence-electron chi connectivity index (χ4n) is 1.76. The number of hydrogen-bond acceptors (Lipinski definition) is 5. The van der Waals surface area contributed by atoms with Crippen LogP contribution in [0.15, 0.2) is 24.5 Å². The number of hydrogen-bond donors (Lipinski definition) is 2. The van der Waals surface area contributed by atoms with E-state index in [4.69, 9.17) is 4.74 Å². The number of nitrogens with zero attached hydrogens (tertiary/aromatic N) is 2. The topological polar surface area (TPSA) is 84.6 Å². The average molecular weight is 262 g/mol. The van der Waals surface area contributed by atoms with Crippen molar-refractivity contribution in [1.29, 1.82) is 0 Å². The maximum atomic E-state index is 12.0. The van der Waals surface area contributed by atoms with Crippen LogP contribution in [-0.2, 0) is 4.74 Å². The maximum Gasteiger partial charge on any atom is 0.508 e. The van der Waals surface area contributed by atoms with E-state index in [1.54, 1.807) is 32.9 Å². The highest BCUT2D eigenvalue weighted by Crippen LogP contribution is 2.16. The summed E-state index contributed by atoms with van der Waals surface area (Å²) in [6, 6.07) is 3.21. The standard InChI is InChI=1S/C12H15BN2O4/c1-12(2,3)19-11(16)15-7-5-8-9(15)4-6-14-10(8)13(17)18/h4-7,17-18H,1-3H3. The van der Waals surface area contributed by atoms with E-state index >= 15 is 0 Å². The molecule has 0 fully saturated rings. The Bertz CT molecular complexity index is 616. The summed E-state index contributed by atoms with van der Waals surface area (Å²) in [6.45, 7) is 5.34. The molecule has 2 aromatic rings. The van der Waals surface area contributed by atoms with E-state index in [1.165, 1.54) is 17.0 Å². The normalized spacial score (nSPS) is 11.6. The van der Waals surface area contributed by atoms with Crippen LogP contribution in [0.25, 0.3) is 10.9 Å². The van der Waals surface area contributed by atoms with E-state index in [2.05, 4.69) is 4.98 Å². The van der Waals surface area contributed by atoms with Crippen molar-refractivity contribution >= 4 is 29.7 Å². The molecule has 0 atom stereocenters. The summed E-state index contributed by atoms with van der Waals surface area (Å²) >= 11 is 0. The minimum absolute atomic E-state index is 0.111. The van der Waals surface area contributed by atoms with E-state index in [9.17, 15) is 14.8 Å². The second kappa shape index (κ2) is 4.67. The molecule has 0 bridgehead atoms. The molecule has 0 unspecified atom stereocenters. The first kappa shape index (κ1) is 13.6. The fraction of sp³-hybridized carbons (Fsp3) is 0.333. The van der Waals surface area contributed by atoms with Crippen LogP contribution < -0.4 is 5.59 Å². The predicted molar refractivity (Wildman–Crippen MR) is 71.2 cm³/mol. The first-order valence-electron chi connectivity index (χ1n) is 5.85. The van der Waals surface area contributed by atoms with Gasteiger partial charge in [-0.1, -0.05) is 0 Å². The zero-order valence-corrected chi connectivity index (χ0v) is 11.0. The van der Waals surface area contributed by atoms with Crippen molar-refractivity contribution in [1.82, 2.24) is 9.55 Å². The van der Waals surface area contributed by atoms with Crippen LogP contribution in [0, 0.1) is 0 Å². The molecular weight excluding hydrogens is 247 g/mol. The summed E-state index contributed by atoms with van der Waals surface area (Å²) in [7, 11) is -1.68. The highest BCUT2D eigenvalue weighted by atomic mass is 16.6. The molecule has 100 valence electrons. The molecular formula is C12H15BN2O4. The highest BCUT2D eigenvalue weighted by Gasteiger charge is 2.22. The van der Waals surface area contributed by atoms with E-state index < -0.39 is 18.8 Å². The lowest BCUT2D eigenvalue weighted by atomic mass is 9.83. The Labute approximate surface area is 110 Å². The van der Waals surface area contributed by atoms with Gasteiger partial charge < -0.3 is 14.8 Å². The van der Waals surface area contributed by atoms with Gasteiger partial charge in [0.25, 0.3) is 0 Å². The lowest BCUT2D eigenvalue weighted by molar-refractivity contribution is 0.0544. The second-order valence-electron chi connectivity index (χ2n) is 5.17. The van der Waals surface area contributed by atoms with Gasteiger partial charge >= 0.3 is 13.2 Å². The molecule has 2 heterocycles. The van der Waals surface area contributed by atoms with Crippen molar-refractivity contribution in [3.8, 4) is 0 Å². The van der Waals surface area contributed by atoms with Gasteiger partial charge in [-0.2, -0.15) is 0 Å². The Morgan fingerprint density at radius 1 is 1.37 bits per heavy atom. The van der Waals surface area contributed by atoms with Crippen LogP contribution in [0.1, 0.15) is 20.8 Å². The number of carbonyl (C=O) groups is 1. The molecule has 2 rings (SSSR count).